The monoisotopic (exact) mass is 213 g/mol. The molecule has 88 valence electrons. The zero-order valence-electron chi connectivity index (χ0n) is 10.3. The minimum Gasteiger partial charge on any atom is -0.481 e. The third kappa shape index (κ3) is 2.51. The van der Waals surface area contributed by atoms with Crippen LogP contribution in [0.5, 0.6) is 0 Å². The van der Waals surface area contributed by atoms with Gasteiger partial charge in [-0.1, -0.05) is 13.8 Å². The molecule has 0 aromatic rings. The summed E-state index contributed by atoms with van der Waals surface area (Å²) in [6, 6.07) is 0.473. The van der Waals surface area contributed by atoms with E-state index < -0.39 is 5.97 Å². The molecule has 3 nitrogen and oxygen atoms in total. The number of hydrogen-bond acceptors (Lipinski definition) is 2. The molecule has 1 fully saturated rings. The lowest BCUT2D eigenvalue weighted by Gasteiger charge is -2.49. The van der Waals surface area contributed by atoms with Gasteiger partial charge in [-0.3, -0.25) is 4.79 Å². The number of rotatable bonds is 3. The second-order valence-electron chi connectivity index (χ2n) is 5.25. The van der Waals surface area contributed by atoms with E-state index in [9.17, 15) is 4.79 Å². The van der Waals surface area contributed by atoms with Crippen LogP contribution in [0.1, 0.15) is 40.0 Å². The normalized spacial score (nSPS) is 37.9. The molecule has 0 saturated carbocycles. The van der Waals surface area contributed by atoms with Crippen LogP contribution in [-0.2, 0) is 4.79 Å². The zero-order valence-corrected chi connectivity index (χ0v) is 10.3. The van der Waals surface area contributed by atoms with Gasteiger partial charge in [-0.05, 0) is 44.7 Å². The first kappa shape index (κ1) is 12.5. The summed E-state index contributed by atoms with van der Waals surface area (Å²) in [6.07, 6.45) is 2.25. The van der Waals surface area contributed by atoms with E-state index in [0.717, 1.165) is 13.0 Å². The van der Waals surface area contributed by atoms with Crippen molar-refractivity contribution in [2.24, 2.45) is 11.3 Å². The van der Waals surface area contributed by atoms with Crippen LogP contribution in [0.3, 0.4) is 0 Å². The Labute approximate surface area is 92.5 Å². The maximum Gasteiger partial charge on any atom is 0.303 e. The highest BCUT2D eigenvalue weighted by Crippen LogP contribution is 2.43. The van der Waals surface area contributed by atoms with E-state index in [0.29, 0.717) is 18.4 Å². The Balaban J connectivity index is 2.71. The van der Waals surface area contributed by atoms with Gasteiger partial charge in [0, 0.05) is 12.5 Å². The van der Waals surface area contributed by atoms with Crippen LogP contribution in [0.25, 0.3) is 0 Å². The number of carboxylic acid groups (broad SMARTS) is 1. The summed E-state index contributed by atoms with van der Waals surface area (Å²) in [5, 5.41) is 8.78. The molecule has 3 heteroatoms. The number of carboxylic acids is 1. The van der Waals surface area contributed by atoms with Crippen LogP contribution in [0.4, 0.5) is 0 Å². The highest BCUT2D eigenvalue weighted by atomic mass is 16.4. The maximum atomic E-state index is 10.7. The predicted octanol–water partition coefficient (Wildman–Crippen LogP) is 2.22. The fourth-order valence-corrected chi connectivity index (χ4v) is 2.67. The van der Waals surface area contributed by atoms with Crippen molar-refractivity contribution in [3.8, 4) is 0 Å². The second kappa shape index (κ2) is 4.52. The van der Waals surface area contributed by atoms with E-state index in [1.54, 1.807) is 0 Å². The molecule has 0 aromatic carbocycles. The average Bonchev–Trinajstić information content (AvgIpc) is 2.18. The van der Waals surface area contributed by atoms with E-state index >= 15 is 0 Å². The first-order valence-corrected chi connectivity index (χ1v) is 5.80. The summed E-state index contributed by atoms with van der Waals surface area (Å²) in [6.45, 7) is 7.84. The summed E-state index contributed by atoms with van der Waals surface area (Å²) >= 11 is 0. The van der Waals surface area contributed by atoms with E-state index in [-0.39, 0.29) is 5.41 Å². The van der Waals surface area contributed by atoms with Gasteiger partial charge in [-0.2, -0.15) is 0 Å². The quantitative estimate of drug-likeness (QED) is 0.781. The summed E-state index contributed by atoms with van der Waals surface area (Å²) < 4.78 is 0. The topological polar surface area (TPSA) is 40.5 Å². The van der Waals surface area contributed by atoms with Crippen molar-refractivity contribution >= 4 is 5.97 Å². The van der Waals surface area contributed by atoms with Crippen LogP contribution in [0.15, 0.2) is 0 Å². The summed E-state index contributed by atoms with van der Waals surface area (Å²) in [5.41, 5.74) is 0.144. The van der Waals surface area contributed by atoms with Gasteiger partial charge in [0.25, 0.3) is 0 Å². The van der Waals surface area contributed by atoms with Gasteiger partial charge >= 0.3 is 5.97 Å². The molecule has 0 bridgehead atoms. The van der Waals surface area contributed by atoms with Crippen LogP contribution in [0, 0.1) is 11.3 Å². The Morgan fingerprint density at radius 3 is 2.67 bits per heavy atom. The predicted molar refractivity (Wildman–Crippen MR) is 60.8 cm³/mol. The van der Waals surface area contributed by atoms with Crippen LogP contribution in [0.2, 0.25) is 0 Å². The largest absolute Gasteiger partial charge is 0.481 e. The molecular weight excluding hydrogens is 190 g/mol. The molecule has 1 rings (SSSR count). The molecule has 1 N–H and O–H groups in total. The van der Waals surface area contributed by atoms with Gasteiger partial charge < -0.3 is 10.0 Å². The standard InChI is InChI=1S/C12H23NO2/c1-9-6-8-13(4)10(2)12(9,3)7-5-11(14)15/h9-10H,5-8H2,1-4H3,(H,14,15). The maximum absolute atomic E-state index is 10.7. The molecule has 1 heterocycles. The molecule has 1 saturated heterocycles. The lowest BCUT2D eigenvalue weighted by atomic mass is 9.66. The van der Waals surface area contributed by atoms with Gasteiger partial charge in [0.2, 0.25) is 0 Å². The number of carbonyl (C=O) groups is 1. The lowest BCUT2D eigenvalue weighted by Crippen LogP contribution is -2.51. The molecule has 0 aliphatic carbocycles. The molecule has 15 heavy (non-hydrogen) atoms. The number of aliphatic carboxylic acids is 1. The van der Waals surface area contributed by atoms with Crippen LogP contribution >= 0.6 is 0 Å². The summed E-state index contributed by atoms with van der Waals surface area (Å²) in [7, 11) is 2.13. The smallest absolute Gasteiger partial charge is 0.303 e. The van der Waals surface area contributed by atoms with E-state index in [1.165, 1.54) is 6.42 Å². The minimum atomic E-state index is -0.677. The van der Waals surface area contributed by atoms with Crippen molar-refractivity contribution < 1.29 is 9.90 Å². The first-order valence-electron chi connectivity index (χ1n) is 5.80. The van der Waals surface area contributed by atoms with Gasteiger partial charge in [0.1, 0.15) is 0 Å². The average molecular weight is 213 g/mol. The Bertz CT molecular complexity index is 242. The first-order chi connectivity index (χ1) is 6.88. The Morgan fingerprint density at radius 1 is 1.53 bits per heavy atom. The fraction of sp³-hybridized carbons (Fsp3) is 0.917. The van der Waals surface area contributed by atoms with Crippen molar-refractivity contribution in [2.45, 2.75) is 46.1 Å². The summed E-state index contributed by atoms with van der Waals surface area (Å²) in [5.74, 6) is -0.0631. The minimum absolute atomic E-state index is 0.144. The third-order valence-corrected chi connectivity index (χ3v) is 4.53. The molecular formula is C12H23NO2. The molecule has 0 radical (unpaired) electrons. The Hall–Kier alpha value is -0.570. The molecule has 1 aliphatic rings. The highest BCUT2D eigenvalue weighted by Gasteiger charge is 2.41. The van der Waals surface area contributed by atoms with Crippen molar-refractivity contribution in [1.29, 1.82) is 0 Å². The fourth-order valence-electron chi connectivity index (χ4n) is 2.67. The Kier molecular flexibility index (Phi) is 3.77. The van der Waals surface area contributed by atoms with Crippen molar-refractivity contribution in [3.05, 3.63) is 0 Å². The molecule has 0 spiro atoms. The van der Waals surface area contributed by atoms with E-state index in [4.69, 9.17) is 5.11 Å². The van der Waals surface area contributed by atoms with E-state index in [1.807, 2.05) is 0 Å². The number of hydrogen-bond donors (Lipinski definition) is 1. The third-order valence-electron chi connectivity index (χ3n) is 4.53. The van der Waals surface area contributed by atoms with Crippen molar-refractivity contribution in [2.75, 3.05) is 13.6 Å². The van der Waals surface area contributed by atoms with Gasteiger partial charge in [0.15, 0.2) is 0 Å². The number of likely N-dealkylation sites (tertiary alicyclic amines) is 1. The molecule has 3 atom stereocenters. The van der Waals surface area contributed by atoms with Gasteiger partial charge in [-0.15, -0.1) is 0 Å². The van der Waals surface area contributed by atoms with Crippen LogP contribution < -0.4 is 0 Å². The molecule has 0 amide bonds. The van der Waals surface area contributed by atoms with Crippen LogP contribution in [-0.4, -0.2) is 35.6 Å². The van der Waals surface area contributed by atoms with Gasteiger partial charge in [-0.25, -0.2) is 0 Å². The van der Waals surface area contributed by atoms with Crippen molar-refractivity contribution in [1.82, 2.24) is 4.90 Å². The number of nitrogens with zero attached hydrogens (tertiary/aromatic N) is 1. The molecule has 1 aliphatic heterocycles. The highest BCUT2D eigenvalue weighted by molar-refractivity contribution is 5.66. The SMILES string of the molecule is CC1CCN(C)C(C)C1(C)CCC(=O)O. The Morgan fingerprint density at radius 2 is 2.13 bits per heavy atom. The zero-order chi connectivity index (χ0) is 11.6. The van der Waals surface area contributed by atoms with Crippen molar-refractivity contribution in [3.63, 3.8) is 0 Å². The summed E-state index contributed by atoms with van der Waals surface area (Å²) in [4.78, 5) is 13.0. The van der Waals surface area contributed by atoms with E-state index in [2.05, 4.69) is 32.7 Å². The van der Waals surface area contributed by atoms with Gasteiger partial charge in [0.05, 0.1) is 0 Å². The molecule has 3 unspecified atom stereocenters. The second-order valence-corrected chi connectivity index (χ2v) is 5.25. The molecule has 0 aromatic heterocycles. The lowest BCUT2D eigenvalue weighted by molar-refractivity contribution is -0.138. The number of piperidine rings is 1.